The van der Waals surface area contributed by atoms with Gasteiger partial charge in [0, 0.05) is 12.5 Å². The first-order valence-electron chi connectivity index (χ1n) is 6.24. The molecule has 0 spiro atoms. The third kappa shape index (κ3) is 3.31. The van der Waals surface area contributed by atoms with Gasteiger partial charge in [0.1, 0.15) is 11.5 Å². The molecule has 0 fully saturated rings. The number of methoxy groups -OCH3 is 2. The number of hydrogen-bond acceptors (Lipinski definition) is 7. The lowest BCUT2D eigenvalue weighted by molar-refractivity contribution is 0.0436. The molecule has 7 heteroatoms. The molecule has 0 saturated carbocycles. The Kier molecular flexibility index (Phi) is 4.42. The van der Waals surface area contributed by atoms with Crippen molar-refractivity contribution >= 4 is 5.97 Å². The highest BCUT2D eigenvalue weighted by Gasteiger charge is 2.15. The van der Waals surface area contributed by atoms with Crippen LogP contribution in [0.4, 0.5) is 0 Å². The van der Waals surface area contributed by atoms with Crippen LogP contribution in [0.3, 0.4) is 0 Å². The van der Waals surface area contributed by atoms with Crippen LogP contribution in [-0.2, 0) is 11.3 Å². The number of ether oxygens (including phenoxy) is 3. The van der Waals surface area contributed by atoms with Gasteiger partial charge < -0.3 is 18.6 Å². The van der Waals surface area contributed by atoms with Gasteiger partial charge in [-0.05, 0) is 19.1 Å². The van der Waals surface area contributed by atoms with Crippen molar-refractivity contribution in [2.75, 3.05) is 14.2 Å². The quantitative estimate of drug-likeness (QED) is 0.780. The van der Waals surface area contributed by atoms with E-state index in [1.54, 1.807) is 19.1 Å². The third-order valence-corrected chi connectivity index (χ3v) is 2.88. The lowest BCUT2D eigenvalue weighted by atomic mass is 10.1. The first-order valence-corrected chi connectivity index (χ1v) is 6.24. The van der Waals surface area contributed by atoms with Crippen molar-refractivity contribution in [1.82, 2.24) is 10.2 Å². The molecule has 7 nitrogen and oxygen atoms in total. The molecule has 1 heterocycles. The van der Waals surface area contributed by atoms with E-state index in [9.17, 15) is 4.79 Å². The Morgan fingerprint density at radius 1 is 1.14 bits per heavy atom. The smallest absolute Gasteiger partial charge is 0.338 e. The molecule has 0 aliphatic rings. The summed E-state index contributed by atoms with van der Waals surface area (Å²) >= 11 is 0. The second-order valence-corrected chi connectivity index (χ2v) is 4.30. The average molecular weight is 292 g/mol. The van der Waals surface area contributed by atoms with Crippen LogP contribution in [0.1, 0.15) is 27.7 Å². The molecule has 0 amide bonds. The standard InChI is InChI=1S/C14H16N2O5/c1-8-11(18-3)5-10(6-12(8)19-4)14(17)20-7-13-16-15-9(2)21-13/h5-6H,7H2,1-4H3. The van der Waals surface area contributed by atoms with E-state index < -0.39 is 5.97 Å². The van der Waals surface area contributed by atoms with E-state index in [1.165, 1.54) is 14.2 Å². The first kappa shape index (κ1) is 14.8. The second-order valence-electron chi connectivity index (χ2n) is 4.30. The molecular weight excluding hydrogens is 276 g/mol. The van der Waals surface area contributed by atoms with Gasteiger partial charge in [-0.2, -0.15) is 0 Å². The summed E-state index contributed by atoms with van der Waals surface area (Å²) in [4.78, 5) is 12.0. The summed E-state index contributed by atoms with van der Waals surface area (Å²) in [6, 6.07) is 3.19. The highest BCUT2D eigenvalue weighted by Crippen LogP contribution is 2.29. The van der Waals surface area contributed by atoms with Crippen molar-refractivity contribution in [1.29, 1.82) is 0 Å². The predicted octanol–water partition coefficient (Wildman–Crippen LogP) is 2.06. The van der Waals surface area contributed by atoms with Crippen molar-refractivity contribution in [3.05, 3.63) is 35.0 Å². The van der Waals surface area contributed by atoms with E-state index in [0.717, 1.165) is 5.56 Å². The van der Waals surface area contributed by atoms with Gasteiger partial charge >= 0.3 is 5.97 Å². The van der Waals surface area contributed by atoms with Crippen LogP contribution in [-0.4, -0.2) is 30.4 Å². The Hall–Kier alpha value is -2.57. The number of hydrogen-bond donors (Lipinski definition) is 0. The van der Waals surface area contributed by atoms with Gasteiger partial charge in [-0.25, -0.2) is 4.79 Å². The Balaban J connectivity index is 2.15. The van der Waals surface area contributed by atoms with Crippen molar-refractivity contribution in [2.45, 2.75) is 20.5 Å². The van der Waals surface area contributed by atoms with Gasteiger partial charge in [0.25, 0.3) is 5.89 Å². The van der Waals surface area contributed by atoms with Crippen molar-refractivity contribution in [3.8, 4) is 11.5 Å². The number of nitrogens with zero attached hydrogens (tertiary/aromatic N) is 2. The highest BCUT2D eigenvalue weighted by atomic mass is 16.5. The fraction of sp³-hybridized carbons (Fsp3) is 0.357. The predicted molar refractivity (Wildman–Crippen MR) is 72.4 cm³/mol. The maximum absolute atomic E-state index is 12.0. The molecule has 1 aromatic carbocycles. The van der Waals surface area contributed by atoms with E-state index in [4.69, 9.17) is 18.6 Å². The van der Waals surface area contributed by atoms with E-state index in [1.807, 2.05) is 6.92 Å². The van der Waals surface area contributed by atoms with Gasteiger partial charge in [-0.1, -0.05) is 0 Å². The molecule has 0 saturated heterocycles. The van der Waals surface area contributed by atoms with E-state index in [2.05, 4.69) is 10.2 Å². The van der Waals surface area contributed by atoms with Crippen molar-refractivity contribution < 1.29 is 23.4 Å². The van der Waals surface area contributed by atoms with Gasteiger partial charge in [0.15, 0.2) is 6.61 Å². The summed E-state index contributed by atoms with van der Waals surface area (Å²) in [6.45, 7) is 3.42. The molecule has 2 aromatic rings. The van der Waals surface area contributed by atoms with Crippen LogP contribution in [0, 0.1) is 13.8 Å². The summed E-state index contributed by atoms with van der Waals surface area (Å²) in [5.41, 5.74) is 1.13. The van der Waals surface area contributed by atoms with Crippen molar-refractivity contribution in [3.63, 3.8) is 0 Å². The summed E-state index contributed by atoms with van der Waals surface area (Å²) in [5, 5.41) is 7.41. The summed E-state index contributed by atoms with van der Waals surface area (Å²) in [5.74, 6) is 1.24. The molecule has 112 valence electrons. The second kappa shape index (κ2) is 6.25. The van der Waals surface area contributed by atoms with Gasteiger partial charge in [0.05, 0.1) is 19.8 Å². The molecule has 0 bridgehead atoms. The maximum Gasteiger partial charge on any atom is 0.338 e. The Labute approximate surface area is 121 Å². The third-order valence-electron chi connectivity index (χ3n) is 2.88. The van der Waals surface area contributed by atoms with Crippen LogP contribution in [0.5, 0.6) is 11.5 Å². The Morgan fingerprint density at radius 2 is 1.76 bits per heavy atom. The normalized spacial score (nSPS) is 10.3. The average Bonchev–Trinajstić information content (AvgIpc) is 2.90. The Bertz CT molecular complexity index is 626. The first-order chi connectivity index (χ1) is 10.0. The van der Waals surface area contributed by atoms with E-state index >= 15 is 0 Å². The fourth-order valence-corrected chi connectivity index (χ4v) is 1.81. The largest absolute Gasteiger partial charge is 0.496 e. The number of esters is 1. The minimum Gasteiger partial charge on any atom is -0.496 e. The number of aromatic nitrogens is 2. The number of aryl methyl sites for hydroxylation is 1. The molecule has 0 aliphatic heterocycles. The minimum absolute atomic E-state index is 0.0851. The molecule has 0 unspecified atom stereocenters. The minimum atomic E-state index is -0.526. The topological polar surface area (TPSA) is 83.7 Å². The zero-order valence-electron chi connectivity index (χ0n) is 12.3. The van der Waals surface area contributed by atoms with Crippen LogP contribution >= 0.6 is 0 Å². The molecule has 0 N–H and O–H groups in total. The highest BCUT2D eigenvalue weighted by molar-refractivity contribution is 5.90. The van der Waals surface area contributed by atoms with Crippen LogP contribution < -0.4 is 9.47 Å². The number of carbonyl (C=O) groups is 1. The number of rotatable bonds is 5. The van der Waals surface area contributed by atoms with Gasteiger partial charge in [-0.15, -0.1) is 10.2 Å². The molecule has 2 rings (SSSR count). The molecule has 21 heavy (non-hydrogen) atoms. The summed E-state index contributed by atoms with van der Waals surface area (Å²) in [7, 11) is 3.05. The van der Waals surface area contributed by atoms with Crippen LogP contribution in [0.15, 0.2) is 16.5 Å². The fourth-order valence-electron chi connectivity index (χ4n) is 1.81. The number of benzene rings is 1. The number of carbonyl (C=O) groups excluding carboxylic acids is 1. The zero-order valence-corrected chi connectivity index (χ0v) is 12.3. The van der Waals surface area contributed by atoms with Crippen LogP contribution in [0.2, 0.25) is 0 Å². The molecule has 0 radical (unpaired) electrons. The lowest BCUT2D eigenvalue weighted by Gasteiger charge is -2.11. The van der Waals surface area contributed by atoms with Gasteiger partial charge in [0.2, 0.25) is 5.89 Å². The molecule has 1 aromatic heterocycles. The van der Waals surface area contributed by atoms with Crippen molar-refractivity contribution in [2.24, 2.45) is 0 Å². The van der Waals surface area contributed by atoms with E-state index in [0.29, 0.717) is 23.0 Å². The van der Waals surface area contributed by atoms with Gasteiger partial charge in [-0.3, -0.25) is 0 Å². The molecule has 0 aliphatic carbocycles. The summed E-state index contributed by atoms with van der Waals surface area (Å²) in [6.07, 6.45) is 0. The zero-order chi connectivity index (χ0) is 15.4. The molecule has 0 atom stereocenters. The summed E-state index contributed by atoms with van der Waals surface area (Å²) < 4.78 is 20.7. The monoisotopic (exact) mass is 292 g/mol. The molecular formula is C14H16N2O5. The SMILES string of the molecule is COc1cc(C(=O)OCc2nnc(C)o2)cc(OC)c1C. The maximum atomic E-state index is 12.0. The van der Waals surface area contributed by atoms with E-state index in [-0.39, 0.29) is 12.5 Å². The van der Waals surface area contributed by atoms with Crippen LogP contribution in [0.25, 0.3) is 0 Å². The lowest BCUT2D eigenvalue weighted by Crippen LogP contribution is -2.07. The Morgan fingerprint density at radius 3 is 2.24 bits per heavy atom.